The Bertz CT molecular complexity index is 719. The van der Waals surface area contributed by atoms with Gasteiger partial charge in [-0.1, -0.05) is 0 Å². The van der Waals surface area contributed by atoms with Crippen LogP contribution in [0.5, 0.6) is 0 Å². The molecule has 1 heterocycles. The van der Waals surface area contributed by atoms with Gasteiger partial charge in [-0.3, -0.25) is 4.79 Å². The molecule has 1 aromatic carbocycles. The molecule has 8 nitrogen and oxygen atoms in total. The lowest BCUT2D eigenvalue weighted by Crippen LogP contribution is -2.43. The van der Waals surface area contributed by atoms with Crippen molar-refractivity contribution in [2.75, 3.05) is 58.2 Å². The third-order valence-corrected chi connectivity index (χ3v) is 5.74. The summed E-state index contributed by atoms with van der Waals surface area (Å²) in [6.07, 6.45) is 0.261. The number of ether oxygens (including phenoxy) is 1. The van der Waals surface area contributed by atoms with Crippen molar-refractivity contribution in [1.82, 2.24) is 9.62 Å². The van der Waals surface area contributed by atoms with Crippen LogP contribution >= 0.6 is 12.4 Å². The Labute approximate surface area is 161 Å². The molecule has 1 aromatic rings. The van der Waals surface area contributed by atoms with Crippen molar-refractivity contribution in [1.29, 1.82) is 0 Å². The van der Waals surface area contributed by atoms with E-state index in [2.05, 4.69) is 10.6 Å². The highest BCUT2D eigenvalue weighted by Crippen LogP contribution is 2.28. The molecule has 10 heteroatoms. The average Bonchev–Trinajstić information content (AvgIpc) is 2.55. The maximum Gasteiger partial charge on any atom is 0.242 e. The molecule has 1 amide bonds. The molecular weight excluding hydrogens is 380 g/mol. The third kappa shape index (κ3) is 5.55. The minimum atomic E-state index is -3.57. The number of carbonyl (C=O) groups is 1. The summed E-state index contributed by atoms with van der Waals surface area (Å²) in [4.78, 5) is 14.3. The van der Waals surface area contributed by atoms with E-state index < -0.39 is 10.0 Å². The number of sulfonamides is 1. The van der Waals surface area contributed by atoms with Gasteiger partial charge in [0.25, 0.3) is 0 Å². The molecule has 0 aromatic heterocycles. The van der Waals surface area contributed by atoms with Gasteiger partial charge in [0.1, 0.15) is 0 Å². The van der Waals surface area contributed by atoms with Crippen molar-refractivity contribution >= 4 is 39.7 Å². The lowest BCUT2D eigenvalue weighted by Gasteiger charge is -2.24. The van der Waals surface area contributed by atoms with E-state index in [9.17, 15) is 13.2 Å². The molecule has 1 saturated heterocycles. The summed E-state index contributed by atoms with van der Waals surface area (Å²) in [7, 11) is 3.05. The summed E-state index contributed by atoms with van der Waals surface area (Å²) in [6.45, 7) is 1.85. The van der Waals surface area contributed by atoms with Crippen molar-refractivity contribution in [3.05, 3.63) is 18.2 Å². The van der Waals surface area contributed by atoms with E-state index >= 15 is 0 Å². The van der Waals surface area contributed by atoms with Crippen molar-refractivity contribution in [3.63, 3.8) is 0 Å². The number of nitrogens with zero attached hydrogens (tertiary/aromatic N) is 2. The average molecular weight is 407 g/mol. The molecule has 148 valence electrons. The Kier molecular flexibility index (Phi) is 8.29. The van der Waals surface area contributed by atoms with Crippen LogP contribution in [0.4, 0.5) is 11.4 Å². The van der Waals surface area contributed by atoms with Crippen LogP contribution in [-0.4, -0.2) is 72.6 Å². The van der Waals surface area contributed by atoms with Crippen LogP contribution in [0.15, 0.2) is 23.1 Å². The van der Waals surface area contributed by atoms with Crippen LogP contribution < -0.4 is 15.5 Å². The number of amides is 1. The molecule has 1 fully saturated rings. The summed E-state index contributed by atoms with van der Waals surface area (Å²) in [6, 6.07) is 4.68. The van der Waals surface area contributed by atoms with Crippen molar-refractivity contribution in [3.8, 4) is 0 Å². The van der Waals surface area contributed by atoms with Gasteiger partial charge < -0.3 is 20.3 Å². The number of rotatable bonds is 6. The first-order valence-corrected chi connectivity index (χ1v) is 9.50. The largest absolute Gasteiger partial charge is 0.378 e. The molecule has 1 aliphatic heterocycles. The lowest BCUT2D eigenvalue weighted by atomic mass is 10.2. The summed E-state index contributed by atoms with van der Waals surface area (Å²) < 4.78 is 31.2. The molecule has 2 N–H and O–H groups in total. The molecule has 0 saturated carbocycles. The zero-order chi connectivity index (χ0) is 18.6. The fourth-order valence-electron chi connectivity index (χ4n) is 2.55. The number of morpholine rings is 1. The van der Waals surface area contributed by atoms with Crippen LogP contribution in [0.1, 0.15) is 6.42 Å². The minimum absolute atomic E-state index is 0. The van der Waals surface area contributed by atoms with Crippen LogP contribution in [0.2, 0.25) is 0 Å². The standard InChI is InChI=1S/C16H26N4O4S.ClH/c1-19(2)15-6-5-13(25(22,23)20(3)4)10-14(15)18-16(21)9-12-11-24-8-7-17-12;/h5-6,10,12,17H,7-9,11H2,1-4H3,(H,18,21);1H. The van der Waals surface area contributed by atoms with E-state index in [1.807, 2.05) is 19.0 Å². The number of halogens is 1. The van der Waals surface area contributed by atoms with Crippen molar-refractivity contribution in [2.24, 2.45) is 0 Å². The molecule has 1 atom stereocenters. The lowest BCUT2D eigenvalue weighted by molar-refractivity contribution is -0.117. The van der Waals surface area contributed by atoms with Gasteiger partial charge >= 0.3 is 0 Å². The smallest absolute Gasteiger partial charge is 0.242 e. The summed E-state index contributed by atoms with van der Waals surface area (Å²) in [5.74, 6) is -0.189. The number of anilines is 2. The monoisotopic (exact) mass is 406 g/mol. The number of nitrogens with one attached hydrogen (secondary N) is 2. The second-order valence-electron chi connectivity index (χ2n) is 6.34. The minimum Gasteiger partial charge on any atom is -0.378 e. The van der Waals surface area contributed by atoms with Crippen LogP contribution in [0.25, 0.3) is 0 Å². The fraction of sp³-hybridized carbons (Fsp3) is 0.562. The predicted octanol–water partition coefficient (Wildman–Crippen LogP) is 0.742. The van der Waals surface area contributed by atoms with Crippen molar-refractivity contribution in [2.45, 2.75) is 17.4 Å². The highest BCUT2D eigenvalue weighted by molar-refractivity contribution is 7.89. The first-order chi connectivity index (χ1) is 11.7. The Morgan fingerprint density at radius 1 is 1.31 bits per heavy atom. The van der Waals surface area contributed by atoms with Gasteiger partial charge in [-0.15, -0.1) is 12.4 Å². The van der Waals surface area contributed by atoms with E-state index in [-0.39, 0.29) is 35.7 Å². The first-order valence-electron chi connectivity index (χ1n) is 8.06. The van der Waals surface area contributed by atoms with Gasteiger partial charge in [-0.2, -0.15) is 0 Å². The number of carbonyl (C=O) groups excluding carboxylic acids is 1. The normalized spacial score (nSPS) is 17.5. The summed E-state index contributed by atoms with van der Waals surface area (Å²) >= 11 is 0. The number of hydrogen-bond donors (Lipinski definition) is 2. The van der Waals surface area contributed by atoms with Crippen LogP contribution in [0.3, 0.4) is 0 Å². The van der Waals surface area contributed by atoms with Crippen LogP contribution in [0, 0.1) is 0 Å². The Morgan fingerprint density at radius 2 is 2.00 bits per heavy atom. The van der Waals surface area contributed by atoms with Gasteiger partial charge in [-0.25, -0.2) is 12.7 Å². The first kappa shape index (κ1) is 22.7. The molecule has 0 bridgehead atoms. The van der Waals surface area contributed by atoms with Gasteiger partial charge in [0.05, 0.1) is 29.5 Å². The van der Waals surface area contributed by atoms with Crippen molar-refractivity contribution < 1.29 is 17.9 Å². The second-order valence-corrected chi connectivity index (χ2v) is 8.49. The topological polar surface area (TPSA) is 91.0 Å². The molecule has 0 spiro atoms. The number of hydrogen-bond acceptors (Lipinski definition) is 6. The summed E-state index contributed by atoms with van der Waals surface area (Å²) in [5, 5.41) is 6.06. The molecule has 2 rings (SSSR count). The molecule has 1 aliphatic rings. The van der Waals surface area contributed by atoms with Gasteiger partial charge in [0, 0.05) is 47.2 Å². The molecule has 0 radical (unpaired) electrons. The molecule has 0 aliphatic carbocycles. The molecule has 1 unspecified atom stereocenters. The maximum absolute atomic E-state index is 12.4. The van der Waals surface area contributed by atoms with E-state index in [0.29, 0.717) is 18.9 Å². The Morgan fingerprint density at radius 3 is 2.54 bits per heavy atom. The maximum atomic E-state index is 12.4. The second kappa shape index (κ2) is 9.52. The SMILES string of the molecule is CN(C)c1ccc(S(=O)(=O)N(C)C)cc1NC(=O)CC1COCCN1.Cl. The predicted molar refractivity (Wildman–Crippen MR) is 105 cm³/mol. The molecule has 26 heavy (non-hydrogen) atoms. The van der Waals surface area contributed by atoms with E-state index in [4.69, 9.17) is 4.74 Å². The van der Waals surface area contributed by atoms with Gasteiger partial charge in [0.15, 0.2) is 0 Å². The fourth-order valence-corrected chi connectivity index (χ4v) is 3.48. The van der Waals surface area contributed by atoms with Gasteiger partial charge in [0.2, 0.25) is 15.9 Å². The highest BCUT2D eigenvalue weighted by atomic mass is 35.5. The van der Waals surface area contributed by atoms with Gasteiger partial charge in [-0.05, 0) is 18.2 Å². The molecular formula is C16H27ClN4O4S. The summed E-state index contributed by atoms with van der Waals surface area (Å²) in [5.41, 5.74) is 1.20. The highest BCUT2D eigenvalue weighted by Gasteiger charge is 2.21. The Hall–Kier alpha value is -1.39. The third-order valence-electron chi connectivity index (χ3n) is 3.93. The van der Waals surface area contributed by atoms with E-state index in [1.165, 1.54) is 26.2 Å². The van der Waals surface area contributed by atoms with E-state index in [0.717, 1.165) is 16.5 Å². The quantitative estimate of drug-likeness (QED) is 0.724. The Balaban J connectivity index is 0.00000338. The van der Waals surface area contributed by atoms with Crippen LogP contribution in [-0.2, 0) is 19.6 Å². The zero-order valence-electron chi connectivity index (χ0n) is 15.5. The zero-order valence-corrected chi connectivity index (χ0v) is 17.1. The number of benzene rings is 1. The van der Waals surface area contributed by atoms with E-state index in [1.54, 1.807) is 6.07 Å².